The van der Waals surface area contributed by atoms with Gasteiger partial charge >= 0.3 is 0 Å². The van der Waals surface area contributed by atoms with Crippen LogP contribution in [0.1, 0.15) is 6.42 Å². The average molecular weight is 147 g/mol. The number of aryl methyl sites for hydroxylation is 1. The number of alkyl halides is 1. The Labute approximate surface area is 57.8 Å². The summed E-state index contributed by atoms with van der Waals surface area (Å²) >= 11 is 5.44. The van der Waals surface area contributed by atoms with Gasteiger partial charge in [0.05, 0.1) is 0 Å². The van der Waals surface area contributed by atoms with Crippen LogP contribution in [0.2, 0.25) is 0 Å². The van der Waals surface area contributed by atoms with E-state index in [1.54, 1.807) is 11.0 Å². The van der Waals surface area contributed by atoms with E-state index in [0.29, 0.717) is 5.88 Å². The summed E-state index contributed by atoms with van der Waals surface area (Å²) in [5.41, 5.74) is 0. The molecule has 5 heteroatoms. The van der Waals surface area contributed by atoms with Gasteiger partial charge in [-0.25, -0.2) is 4.68 Å². The molecule has 4 nitrogen and oxygen atoms in total. The third kappa shape index (κ3) is 1.97. The van der Waals surface area contributed by atoms with Crippen molar-refractivity contribution in [3.63, 3.8) is 0 Å². The van der Waals surface area contributed by atoms with E-state index in [0.717, 1.165) is 13.0 Å². The van der Waals surface area contributed by atoms with Crippen LogP contribution >= 0.6 is 11.6 Å². The van der Waals surface area contributed by atoms with E-state index in [2.05, 4.69) is 15.5 Å². The molecule has 50 valence electrons. The van der Waals surface area contributed by atoms with Crippen molar-refractivity contribution >= 4 is 11.6 Å². The highest BCUT2D eigenvalue weighted by molar-refractivity contribution is 6.17. The van der Waals surface area contributed by atoms with E-state index >= 15 is 0 Å². The highest BCUT2D eigenvalue weighted by atomic mass is 35.5. The minimum Gasteiger partial charge on any atom is -0.232 e. The molecule has 0 fully saturated rings. The zero-order valence-electron chi connectivity index (χ0n) is 4.87. The molecular weight excluding hydrogens is 140 g/mol. The number of tetrazole rings is 1. The summed E-state index contributed by atoms with van der Waals surface area (Å²) < 4.78 is 1.66. The molecule has 0 atom stereocenters. The van der Waals surface area contributed by atoms with Crippen LogP contribution in [0.25, 0.3) is 0 Å². The SMILES string of the molecule is ClCCCn1cnnn1. The number of rotatable bonds is 3. The molecular formula is C4H7ClN4. The van der Waals surface area contributed by atoms with Crippen LogP contribution in [0, 0.1) is 0 Å². The van der Waals surface area contributed by atoms with Crippen molar-refractivity contribution in [1.29, 1.82) is 0 Å². The van der Waals surface area contributed by atoms with Crippen LogP contribution in [-0.2, 0) is 6.54 Å². The molecule has 0 saturated carbocycles. The van der Waals surface area contributed by atoms with Crippen molar-refractivity contribution < 1.29 is 0 Å². The Morgan fingerprint density at radius 3 is 3.00 bits per heavy atom. The average Bonchev–Trinajstić information content (AvgIpc) is 2.34. The maximum atomic E-state index is 5.44. The smallest absolute Gasteiger partial charge is 0.138 e. The van der Waals surface area contributed by atoms with Crippen LogP contribution in [0.15, 0.2) is 6.33 Å². The molecule has 1 rings (SSSR count). The second kappa shape index (κ2) is 3.40. The fraction of sp³-hybridized carbons (Fsp3) is 0.750. The molecule has 0 aliphatic carbocycles. The lowest BCUT2D eigenvalue weighted by Crippen LogP contribution is -1.98. The van der Waals surface area contributed by atoms with Gasteiger partial charge in [0.15, 0.2) is 0 Å². The predicted octanol–water partition coefficient (Wildman–Crippen LogP) is 0.302. The molecule has 0 unspecified atom stereocenters. The second-order valence-electron chi connectivity index (χ2n) is 1.62. The zero-order chi connectivity index (χ0) is 6.53. The quantitative estimate of drug-likeness (QED) is 0.577. The maximum absolute atomic E-state index is 5.44. The number of hydrogen-bond donors (Lipinski definition) is 0. The van der Waals surface area contributed by atoms with Crippen molar-refractivity contribution in [3.05, 3.63) is 6.33 Å². The summed E-state index contributed by atoms with van der Waals surface area (Å²) in [4.78, 5) is 0. The van der Waals surface area contributed by atoms with E-state index in [9.17, 15) is 0 Å². The fourth-order valence-electron chi connectivity index (χ4n) is 0.504. The highest BCUT2D eigenvalue weighted by Crippen LogP contribution is 1.87. The number of hydrogen-bond acceptors (Lipinski definition) is 3. The Bertz CT molecular complexity index is 150. The van der Waals surface area contributed by atoms with Crippen molar-refractivity contribution in [2.45, 2.75) is 13.0 Å². The first-order valence-corrected chi connectivity index (χ1v) is 3.23. The lowest BCUT2D eigenvalue weighted by molar-refractivity contribution is 0.580. The Kier molecular flexibility index (Phi) is 2.45. The molecule has 9 heavy (non-hydrogen) atoms. The summed E-state index contributed by atoms with van der Waals surface area (Å²) in [5, 5.41) is 10.6. The van der Waals surface area contributed by atoms with E-state index in [1.165, 1.54) is 0 Å². The normalized spacial score (nSPS) is 9.89. The fourth-order valence-corrected chi connectivity index (χ4v) is 0.624. The Balaban J connectivity index is 2.30. The Hall–Kier alpha value is -0.640. The van der Waals surface area contributed by atoms with Gasteiger partial charge in [0.1, 0.15) is 6.33 Å². The molecule has 0 aliphatic rings. The predicted molar refractivity (Wildman–Crippen MR) is 33.2 cm³/mol. The van der Waals surface area contributed by atoms with Gasteiger partial charge in [-0.2, -0.15) is 0 Å². The molecule has 0 aromatic carbocycles. The molecule has 0 N–H and O–H groups in total. The Morgan fingerprint density at radius 2 is 2.44 bits per heavy atom. The van der Waals surface area contributed by atoms with Crippen LogP contribution in [0.5, 0.6) is 0 Å². The topological polar surface area (TPSA) is 43.6 Å². The maximum Gasteiger partial charge on any atom is 0.138 e. The van der Waals surface area contributed by atoms with Crippen molar-refractivity contribution in [1.82, 2.24) is 20.2 Å². The number of aromatic nitrogens is 4. The molecule has 0 radical (unpaired) electrons. The molecule has 1 aromatic rings. The summed E-state index contributed by atoms with van der Waals surface area (Å²) in [6.07, 6.45) is 2.49. The number of halogens is 1. The molecule has 1 heterocycles. The van der Waals surface area contributed by atoms with Gasteiger partial charge in [0, 0.05) is 12.4 Å². The molecule has 0 aliphatic heterocycles. The molecule has 0 amide bonds. The molecule has 0 saturated heterocycles. The minimum absolute atomic E-state index is 0.653. The van der Waals surface area contributed by atoms with E-state index in [1.807, 2.05) is 0 Å². The van der Waals surface area contributed by atoms with Gasteiger partial charge in [-0.3, -0.25) is 0 Å². The van der Waals surface area contributed by atoms with Crippen molar-refractivity contribution in [2.24, 2.45) is 0 Å². The van der Waals surface area contributed by atoms with Gasteiger partial charge in [0.2, 0.25) is 0 Å². The zero-order valence-corrected chi connectivity index (χ0v) is 5.62. The van der Waals surface area contributed by atoms with Gasteiger partial charge in [0.25, 0.3) is 0 Å². The molecule has 1 aromatic heterocycles. The van der Waals surface area contributed by atoms with Gasteiger partial charge in [-0.1, -0.05) is 0 Å². The van der Waals surface area contributed by atoms with Gasteiger partial charge in [-0.05, 0) is 16.8 Å². The lowest BCUT2D eigenvalue weighted by Gasteiger charge is -1.91. The first-order valence-electron chi connectivity index (χ1n) is 2.70. The Morgan fingerprint density at radius 1 is 1.56 bits per heavy atom. The van der Waals surface area contributed by atoms with Crippen molar-refractivity contribution in [2.75, 3.05) is 5.88 Å². The van der Waals surface area contributed by atoms with Crippen molar-refractivity contribution in [3.8, 4) is 0 Å². The van der Waals surface area contributed by atoms with E-state index in [4.69, 9.17) is 11.6 Å². The number of nitrogens with zero attached hydrogens (tertiary/aromatic N) is 4. The largest absolute Gasteiger partial charge is 0.232 e. The molecule has 0 spiro atoms. The summed E-state index contributed by atoms with van der Waals surface area (Å²) in [5.74, 6) is 0.653. The van der Waals surface area contributed by atoms with Gasteiger partial charge in [-0.15, -0.1) is 16.7 Å². The first kappa shape index (κ1) is 6.48. The van der Waals surface area contributed by atoms with E-state index in [-0.39, 0.29) is 0 Å². The van der Waals surface area contributed by atoms with Crippen LogP contribution in [-0.4, -0.2) is 26.1 Å². The van der Waals surface area contributed by atoms with Crippen LogP contribution < -0.4 is 0 Å². The third-order valence-corrected chi connectivity index (χ3v) is 1.18. The first-order chi connectivity index (χ1) is 4.43. The molecule has 0 bridgehead atoms. The third-order valence-electron chi connectivity index (χ3n) is 0.912. The second-order valence-corrected chi connectivity index (χ2v) is 1.99. The van der Waals surface area contributed by atoms with Crippen LogP contribution in [0.3, 0.4) is 0 Å². The minimum atomic E-state index is 0.653. The van der Waals surface area contributed by atoms with Gasteiger partial charge < -0.3 is 0 Å². The lowest BCUT2D eigenvalue weighted by atomic mass is 10.5. The summed E-state index contributed by atoms with van der Waals surface area (Å²) in [6.45, 7) is 0.802. The van der Waals surface area contributed by atoms with E-state index < -0.39 is 0 Å². The standard InChI is InChI=1S/C4H7ClN4/c5-2-1-3-9-4-6-7-8-9/h4H,1-3H2. The summed E-state index contributed by atoms with van der Waals surface area (Å²) in [7, 11) is 0. The highest BCUT2D eigenvalue weighted by Gasteiger charge is 1.88. The monoisotopic (exact) mass is 146 g/mol. The summed E-state index contributed by atoms with van der Waals surface area (Å²) in [6, 6.07) is 0. The van der Waals surface area contributed by atoms with Crippen LogP contribution in [0.4, 0.5) is 0 Å².